The number of nitrogens with zero attached hydrogens (tertiary/aromatic N) is 3. The van der Waals surface area contributed by atoms with Crippen molar-refractivity contribution in [2.24, 2.45) is 0 Å². The van der Waals surface area contributed by atoms with E-state index in [9.17, 15) is 23.2 Å². The lowest BCUT2D eigenvalue weighted by molar-refractivity contribution is -0.189. The number of pyridine rings is 1. The first-order chi connectivity index (χ1) is 15.2. The lowest BCUT2D eigenvalue weighted by atomic mass is 9.97. The fourth-order valence-corrected chi connectivity index (χ4v) is 3.94. The first-order valence-corrected chi connectivity index (χ1v) is 10.0. The average Bonchev–Trinajstić information content (AvgIpc) is 2.75. The number of nitrogen functional groups attached to an aromatic ring is 2. The highest BCUT2D eigenvalue weighted by atomic mass is 19.4. The average molecular weight is 447 g/mol. The molecule has 1 saturated heterocycles. The summed E-state index contributed by atoms with van der Waals surface area (Å²) in [5, 5.41) is 9.25. The summed E-state index contributed by atoms with van der Waals surface area (Å²) in [6, 6.07) is 5.18. The second-order valence-electron chi connectivity index (χ2n) is 7.73. The molecule has 32 heavy (non-hydrogen) atoms. The Labute approximate surface area is 181 Å². The molecule has 1 fully saturated rings. The maximum absolute atomic E-state index is 13.0. The van der Waals surface area contributed by atoms with Gasteiger partial charge in [-0.15, -0.1) is 0 Å². The maximum atomic E-state index is 13.0. The quantitative estimate of drug-likeness (QED) is 0.463. The fourth-order valence-electron chi connectivity index (χ4n) is 3.94. The molecular formula is C21H20F3N5O3. The number of carbonyl (C=O) groups excluding carboxylic acids is 1. The molecule has 0 amide bonds. The van der Waals surface area contributed by atoms with Crippen molar-refractivity contribution >= 4 is 17.5 Å². The summed E-state index contributed by atoms with van der Waals surface area (Å²) in [5.41, 5.74) is 13.1. The van der Waals surface area contributed by atoms with Gasteiger partial charge < -0.3 is 20.9 Å². The van der Waals surface area contributed by atoms with Crippen LogP contribution >= 0.6 is 0 Å². The molecule has 1 aromatic heterocycles. The van der Waals surface area contributed by atoms with Crippen LogP contribution in [0.15, 0.2) is 12.1 Å². The highest BCUT2D eigenvalue weighted by molar-refractivity contribution is 5.80. The van der Waals surface area contributed by atoms with E-state index in [0.29, 0.717) is 23.2 Å². The van der Waals surface area contributed by atoms with Crippen molar-refractivity contribution in [2.75, 3.05) is 24.6 Å². The number of nitrogens with two attached hydrogens (primary N) is 2. The molecule has 0 aliphatic carbocycles. The summed E-state index contributed by atoms with van der Waals surface area (Å²) < 4.78 is 49.5. The van der Waals surface area contributed by atoms with E-state index in [1.807, 2.05) is 6.07 Å². The van der Waals surface area contributed by atoms with Crippen molar-refractivity contribution in [3.05, 3.63) is 34.4 Å². The lowest BCUT2D eigenvalue weighted by Crippen LogP contribution is -2.31. The number of nitriles is 1. The Kier molecular flexibility index (Phi) is 5.56. The molecule has 8 nitrogen and oxygen atoms in total. The summed E-state index contributed by atoms with van der Waals surface area (Å²) in [4.78, 5) is 17.8. The number of carbonyl (C=O) groups is 1. The minimum absolute atomic E-state index is 0.00115. The number of aromatic nitrogens is 1. The maximum Gasteiger partial charge on any atom is 0.491 e. The number of esters is 1. The molecule has 1 aromatic carbocycles. The van der Waals surface area contributed by atoms with Crippen LogP contribution in [0.25, 0.3) is 0 Å². The van der Waals surface area contributed by atoms with E-state index in [0.717, 1.165) is 32.4 Å². The van der Waals surface area contributed by atoms with E-state index >= 15 is 0 Å². The number of ether oxygens (including phenoxy) is 2. The Bertz CT molecular complexity index is 1120. The Balaban J connectivity index is 1.77. The van der Waals surface area contributed by atoms with Gasteiger partial charge in [-0.3, -0.25) is 4.90 Å². The first-order valence-electron chi connectivity index (χ1n) is 10.0. The second-order valence-corrected chi connectivity index (χ2v) is 7.73. The van der Waals surface area contributed by atoms with E-state index in [-0.39, 0.29) is 40.9 Å². The van der Waals surface area contributed by atoms with Gasteiger partial charge in [0.2, 0.25) is 5.88 Å². The van der Waals surface area contributed by atoms with Gasteiger partial charge in [-0.05, 0) is 25.9 Å². The van der Waals surface area contributed by atoms with Crippen LogP contribution in [-0.4, -0.2) is 35.1 Å². The van der Waals surface area contributed by atoms with Gasteiger partial charge in [0.1, 0.15) is 17.5 Å². The van der Waals surface area contributed by atoms with Crippen LogP contribution < -0.4 is 20.9 Å². The predicted octanol–water partition coefficient (Wildman–Crippen LogP) is 3.27. The van der Waals surface area contributed by atoms with Crippen LogP contribution in [0.4, 0.5) is 24.7 Å². The van der Waals surface area contributed by atoms with Crippen LogP contribution in [-0.2, 0) is 17.8 Å². The molecule has 4 rings (SSSR count). The number of halogens is 3. The molecule has 0 unspecified atom stereocenters. The number of hydrogen-bond acceptors (Lipinski definition) is 8. The molecule has 0 saturated carbocycles. The van der Waals surface area contributed by atoms with Gasteiger partial charge in [-0.2, -0.15) is 23.4 Å². The van der Waals surface area contributed by atoms with Gasteiger partial charge in [0, 0.05) is 29.7 Å². The van der Waals surface area contributed by atoms with Gasteiger partial charge in [0.25, 0.3) is 0 Å². The fraction of sp³-hybridized carbons (Fsp3) is 0.381. The third kappa shape index (κ3) is 4.01. The third-order valence-corrected chi connectivity index (χ3v) is 5.55. The summed E-state index contributed by atoms with van der Waals surface area (Å²) in [6.07, 6.45) is -1.99. The Morgan fingerprint density at radius 3 is 2.62 bits per heavy atom. The molecule has 3 heterocycles. The molecule has 0 bridgehead atoms. The van der Waals surface area contributed by atoms with Crippen molar-refractivity contribution in [2.45, 2.75) is 38.4 Å². The molecular weight excluding hydrogens is 427 g/mol. The predicted molar refractivity (Wildman–Crippen MR) is 108 cm³/mol. The van der Waals surface area contributed by atoms with E-state index in [4.69, 9.17) is 20.9 Å². The standard InChI is InChI=1S/C21H20F3N5O3/c22-21(23,24)20(30)32-17-12(10-29-6-2-1-3-7-29)5-4-11-8-13-15(26)14(9-25)18(27)28-19(13)31-16(11)17/h4-5H,1-3,6-8,10H2,(H4,26,27,28). The van der Waals surface area contributed by atoms with Gasteiger partial charge in [0.05, 0.1) is 5.69 Å². The number of piperidine rings is 1. The Hall–Kier alpha value is -3.52. The summed E-state index contributed by atoms with van der Waals surface area (Å²) >= 11 is 0. The molecule has 2 aliphatic rings. The number of fused-ring (bicyclic) bond motifs is 2. The number of benzene rings is 1. The number of alkyl halides is 3. The minimum atomic E-state index is -5.17. The third-order valence-electron chi connectivity index (χ3n) is 5.55. The minimum Gasteiger partial charge on any atom is -0.434 e. The Morgan fingerprint density at radius 2 is 1.97 bits per heavy atom. The molecule has 168 valence electrons. The monoisotopic (exact) mass is 447 g/mol. The van der Waals surface area contributed by atoms with Crippen molar-refractivity contribution in [1.82, 2.24) is 9.88 Å². The highest BCUT2D eigenvalue weighted by Crippen LogP contribution is 2.47. The van der Waals surface area contributed by atoms with Gasteiger partial charge in [-0.1, -0.05) is 18.6 Å². The van der Waals surface area contributed by atoms with Crippen LogP contribution in [0.5, 0.6) is 17.4 Å². The normalized spacial score (nSPS) is 15.8. The molecule has 2 aromatic rings. The molecule has 11 heteroatoms. The summed E-state index contributed by atoms with van der Waals surface area (Å²) in [5.74, 6) is -2.88. The first kappa shape index (κ1) is 21.7. The Morgan fingerprint density at radius 1 is 1.25 bits per heavy atom. The van der Waals surface area contributed by atoms with Crippen LogP contribution in [0.3, 0.4) is 0 Å². The molecule has 0 radical (unpaired) electrons. The zero-order chi connectivity index (χ0) is 23.0. The largest absolute Gasteiger partial charge is 0.491 e. The van der Waals surface area contributed by atoms with Crippen LogP contribution in [0.1, 0.15) is 41.5 Å². The van der Waals surface area contributed by atoms with Crippen molar-refractivity contribution in [3.8, 4) is 23.4 Å². The van der Waals surface area contributed by atoms with Crippen molar-refractivity contribution < 1.29 is 27.4 Å². The van der Waals surface area contributed by atoms with E-state index < -0.39 is 12.1 Å². The van der Waals surface area contributed by atoms with Gasteiger partial charge >= 0.3 is 12.1 Å². The molecule has 4 N–H and O–H groups in total. The second kappa shape index (κ2) is 8.20. The topological polar surface area (TPSA) is 127 Å². The van der Waals surface area contributed by atoms with Gasteiger partial charge in [-0.25, -0.2) is 4.79 Å². The van der Waals surface area contributed by atoms with Gasteiger partial charge in [0.15, 0.2) is 11.5 Å². The number of rotatable bonds is 3. The van der Waals surface area contributed by atoms with E-state index in [2.05, 4.69) is 9.88 Å². The van der Waals surface area contributed by atoms with Crippen molar-refractivity contribution in [1.29, 1.82) is 5.26 Å². The van der Waals surface area contributed by atoms with Crippen LogP contribution in [0.2, 0.25) is 0 Å². The van der Waals surface area contributed by atoms with Crippen LogP contribution in [0, 0.1) is 11.3 Å². The zero-order valence-electron chi connectivity index (χ0n) is 17.0. The number of likely N-dealkylation sites (tertiary alicyclic amines) is 1. The smallest absolute Gasteiger partial charge is 0.434 e. The number of hydrogen-bond donors (Lipinski definition) is 2. The zero-order valence-corrected chi connectivity index (χ0v) is 17.0. The summed E-state index contributed by atoms with van der Waals surface area (Å²) in [6.45, 7) is 1.88. The molecule has 2 aliphatic heterocycles. The molecule has 0 spiro atoms. The SMILES string of the molecule is N#Cc1c(N)nc2c(c1N)Cc1ccc(CN3CCCCC3)c(OC(=O)C(F)(F)F)c1O2. The highest BCUT2D eigenvalue weighted by Gasteiger charge is 2.43. The van der Waals surface area contributed by atoms with Crippen molar-refractivity contribution in [3.63, 3.8) is 0 Å². The van der Waals surface area contributed by atoms with E-state index in [1.165, 1.54) is 0 Å². The van der Waals surface area contributed by atoms with E-state index in [1.54, 1.807) is 12.1 Å². The number of anilines is 2. The molecule has 0 atom stereocenters. The summed E-state index contributed by atoms with van der Waals surface area (Å²) in [7, 11) is 0. The lowest BCUT2D eigenvalue weighted by Gasteiger charge is -2.29.